The summed E-state index contributed by atoms with van der Waals surface area (Å²) in [6.07, 6.45) is 4.79. The summed E-state index contributed by atoms with van der Waals surface area (Å²) in [6, 6.07) is 7.31. The Morgan fingerprint density at radius 3 is 2.37 bits per heavy atom. The lowest BCUT2D eigenvalue weighted by atomic mass is 9.82. The number of sulfonamides is 1. The minimum absolute atomic E-state index is 0.0452. The van der Waals surface area contributed by atoms with Crippen molar-refractivity contribution in [2.45, 2.75) is 63.8 Å². The second kappa shape index (κ2) is 11.1. The number of thiophene rings is 1. The molecule has 1 atom stereocenters. The Balaban J connectivity index is 1.74. The molecule has 0 bridgehead atoms. The zero-order chi connectivity index (χ0) is 27.7. The summed E-state index contributed by atoms with van der Waals surface area (Å²) in [6.45, 7) is 5.64. The van der Waals surface area contributed by atoms with Gasteiger partial charge < -0.3 is 14.7 Å². The first-order valence-corrected chi connectivity index (χ1v) is 15.0. The van der Waals surface area contributed by atoms with Gasteiger partial charge in [-0.25, -0.2) is 13.2 Å². The van der Waals surface area contributed by atoms with Crippen LogP contribution in [0.5, 0.6) is 5.75 Å². The number of carbonyl (C=O) groups is 2. The molecule has 2 aromatic rings. The molecule has 0 spiro atoms. The molecule has 1 saturated carbocycles. The summed E-state index contributed by atoms with van der Waals surface area (Å²) in [4.78, 5) is 28.2. The SMILES string of the molecule is COc1ccc(S(=O)(=O)N2CC(=O)N(c3cc(C#CC(C)(C)C)sc3C(=O)O)C(C3CCCCC3)C2)cc1. The number of anilines is 1. The van der Waals surface area contributed by atoms with E-state index in [1.165, 1.54) is 23.5 Å². The number of carbonyl (C=O) groups excluding carboxylic acids is 1. The maximum atomic E-state index is 13.7. The molecule has 1 aromatic carbocycles. The molecular weight excluding hydrogens is 524 g/mol. The Morgan fingerprint density at radius 2 is 1.79 bits per heavy atom. The topological polar surface area (TPSA) is 104 Å². The Bertz CT molecular complexity index is 1360. The predicted octanol–water partition coefficient (Wildman–Crippen LogP) is 4.84. The third-order valence-electron chi connectivity index (χ3n) is 6.92. The van der Waals surface area contributed by atoms with Gasteiger partial charge in [0.15, 0.2) is 0 Å². The molecule has 1 aliphatic heterocycles. The second-order valence-electron chi connectivity index (χ2n) is 10.8. The number of carboxylic acid groups (broad SMARTS) is 1. The van der Waals surface area contributed by atoms with E-state index < -0.39 is 27.9 Å². The van der Waals surface area contributed by atoms with Crippen molar-refractivity contribution in [3.05, 3.63) is 40.1 Å². The van der Waals surface area contributed by atoms with Gasteiger partial charge in [-0.3, -0.25) is 4.79 Å². The average molecular weight is 559 g/mol. The number of hydrogen-bond donors (Lipinski definition) is 1. The van der Waals surface area contributed by atoms with Crippen molar-refractivity contribution in [2.24, 2.45) is 11.3 Å². The molecule has 204 valence electrons. The van der Waals surface area contributed by atoms with E-state index in [9.17, 15) is 23.1 Å². The zero-order valence-corrected chi connectivity index (χ0v) is 23.8. The summed E-state index contributed by atoms with van der Waals surface area (Å²) in [7, 11) is -2.44. The molecule has 1 aromatic heterocycles. The van der Waals surface area contributed by atoms with Crippen LogP contribution in [-0.2, 0) is 14.8 Å². The number of benzene rings is 1. The minimum atomic E-state index is -3.95. The summed E-state index contributed by atoms with van der Waals surface area (Å²) < 4.78 is 33.5. The number of methoxy groups -OCH3 is 1. The average Bonchev–Trinajstić information content (AvgIpc) is 3.31. The third-order valence-corrected chi connectivity index (χ3v) is 9.77. The van der Waals surface area contributed by atoms with Crippen molar-refractivity contribution in [3.8, 4) is 17.6 Å². The summed E-state index contributed by atoms with van der Waals surface area (Å²) in [5.41, 5.74) is 0.0397. The number of rotatable bonds is 6. The first-order chi connectivity index (χ1) is 17.9. The molecule has 10 heteroatoms. The highest BCUT2D eigenvalue weighted by atomic mass is 32.2. The van der Waals surface area contributed by atoms with Gasteiger partial charge in [-0.15, -0.1) is 11.3 Å². The van der Waals surface area contributed by atoms with Crippen LogP contribution in [0, 0.1) is 23.2 Å². The molecule has 1 unspecified atom stereocenters. The number of ether oxygens (including phenoxy) is 1. The van der Waals surface area contributed by atoms with Gasteiger partial charge in [-0.2, -0.15) is 4.31 Å². The molecule has 1 aliphatic carbocycles. The first-order valence-electron chi connectivity index (χ1n) is 12.8. The largest absolute Gasteiger partial charge is 0.497 e. The van der Waals surface area contributed by atoms with E-state index in [-0.39, 0.29) is 34.2 Å². The fourth-order valence-electron chi connectivity index (χ4n) is 5.06. The van der Waals surface area contributed by atoms with Gasteiger partial charge in [0.25, 0.3) is 0 Å². The van der Waals surface area contributed by atoms with Crippen LogP contribution in [0.4, 0.5) is 5.69 Å². The molecule has 1 amide bonds. The molecule has 2 aliphatic rings. The Kier molecular flexibility index (Phi) is 8.21. The van der Waals surface area contributed by atoms with Crippen LogP contribution in [0.2, 0.25) is 0 Å². The second-order valence-corrected chi connectivity index (χ2v) is 13.8. The van der Waals surface area contributed by atoms with Gasteiger partial charge in [0.05, 0.1) is 35.2 Å². The molecule has 2 fully saturated rings. The van der Waals surface area contributed by atoms with Gasteiger partial charge in [0, 0.05) is 12.0 Å². The van der Waals surface area contributed by atoms with Crippen LogP contribution in [0.3, 0.4) is 0 Å². The van der Waals surface area contributed by atoms with E-state index in [0.717, 1.165) is 43.4 Å². The lowest BCUT2D eigenvalue weighted by molar-refractivity contribution is -0.121. The highest BCUT2D eigenvalue weighted by Gasteiger charge is 2.44. The highest BCUT2D eigenvalue weighted by Crippen LogP contribution is 2.39. The summed E-state index contributed by atoms with van der Waals surface area (Å²) in [5, 5.41) is 10.0. The van der Waals surface area contributed by atoms with Gasteiger partial charge in [0.2, 0.25) is 15.9 Å². The number of aromatic carboxylic acids is 1. The Morgan fingerprint density at radius 1 is 1.13 bits per heavy atom. The molecule has 4 rings (SSSR count). The van der Waals surface area contributed by atoms with Crippen LogP contribution in [0.15, 0.2) is 35.2 Å². The van der Waals surface area contributed by atoms with Gasteiger partial charge >= 0.3 is 5.97 Å². The van der Waals surface area contributed by atoms with Crippen molar-refractivity contribution >= 4 is 38.9 Å². The van der Waals surface area contributed by atoms with Crippen LogP contribution in [0.1, 0.15) is 67.4 Å². The van der Waals surface area contributed by atoms with Crippen LogP contribution in [-0.4, -0.2) is 55.9 Å². The molecule has 1 N–H and O–H groups in total. The molecule has 1 saturated heterocycles. The normalized spacial score (nSPS) is 19.6. The van der Waals surface area contributed by atoms with Crippen LogP contribution >= 0.6 is 11.3 Å². The third kappa shape index (κ3) is 6.06. The van der Waals surface area contributed by atoms with Gasteiger partial charge in [0.1, 0.15) is 10.6 Å². The van der Waals surface area contributed by atoms with Gasteiger partial charge in [-0.1, -0.05) is 31.1 Å². The molecule has 38 heavy (non-hydrogen) atoms. The molecular formula is C28H34N2O6S2. The number of nitrogens with zero attached hydrogens (tertiary/aromatic N) is 2. The fraction of sp³-hybridized carbons (Fsp3) is 0.500. The molecule has 0 radical (unpaired) electrons. The highest BCUT2D eigenvalue weighted by molar-refractivity contribution is 7.89. The van der Waals surface area contributed by atoms with E-state index in [1.807, 2.05) is 20.8 Å². The predicted molar refractivity (Wildman–Crippen MR) is 147 cm³/mol. The van der Waals surface area contributed by atoms with E-state index in [2.05, 4.69) is 11.8 Å². The standard InChI is InChI=1S/C28H34N2O6S2/c1-28(2,3)15-14-21-16-23(26(37-21)27(32)33)30-24(19-8-6-5-7-9-19)17-29(18-25(30)31)38(34,35)22-12-10-20(36-4)11-13-22/h10-13,16,19,24H,5-9,17-18H2,1-4H3,(H,32,33). The van der Waals surface area contributed by atoms with Crippen molar-refractivity contribution in [2.75, 3.05) is 25.1 Å². The Hall–Kier alpha value is -2.87. The van der Waals surface area contributed by atoms with E-state index in [0.29, 0.717) is 16.3 Å². The van der Waals surface area contributed by atoms with Crippen LogP contribution < -0.4 is 9.64 Å². The smallest absolute Gasteiger partial charge is 0.348 e. The number of hydrogen-bond acceptors (Lipinski definition) is 6. The summed E-state index contributed by atoms with van der Waals surface area (Å²) >= 11 is 1.05. The number of amides is 1. The van der Waals surface area contributed by atoms with Gasteiger partial charge in [-0.05, 0) is 69.9 Å². The zero-order valence-electron chi connectivity index (χ0n) is 22.2. The van der Waals surface area contributed by atoms with Crippen molar-refractivity contribution in [3.63, 3.8) is 0 Å². The van der Waals surface area contributed by atoms with E-state index in [4.69, 9.17) is 4.74 Å². The maximum Gasteiger partial charge on any atom is 0.348 e. The first kappa shape index (κ1) is 28.1. The fourth-order valence-corrected chi connectivity index (χ4v) is 7.31. The van der Waals surface area contributed by atoms with E-state index in [1.54, 1.807) is 23.1 Å². The van der Waals surface area contributed by atoms with Crippen LogP contribution in [0.25, 0.3) is 0 Å². The minimum Gasteiger partial charge on any atom is -0.497 e. The number of carboxylic acids is 1. The van der Waals surface area contributed by atoms with Crippen molar-refractivity contribution < 1.29 is 27.9 Å². The number of piperazine rings is 1. The van der Waals surface area contributed by atoms with Crippen molar-refractivity contribution in [1.29, 1.82) is 0 Å². The Labute approximate surface area is 228 Å². The lowest BCUT2D eigenvalue weighted by Gasteiger charge is -2.44. The monoisotopic (exact) mass is 558 g/mol. The quantitative estimate of drug-likeness (QED) is 0.509. The molecule has 2 heterocycles. The lowest BCUT2D eigenvalue weighted by Crippen LogP contribution is -2.60. The summed E-state index contributed by atoms with van der Waals surface area (Å²) in [5.74, 6) is 5.23. The maximum absolute atomic E-state index is 13.7. The molecule has 8 nitrogen and oxygen atoms in total. The van der Waals surface area contributed by atoms with E-state index >= 15 is 0 Å². The van der Waals surface area contributed by atoms with Crippen molar-refractivity contribution in [1.82, 2.24) is 4.31 Å².